The van der Waals surface area contributed by atoms with Gasteiger partial charge in [-0.25, -0.2) is 0 Å². The normalized spacial score (nSPS) is 14.8. The molecule has 4 nitrogen and oxygen atoms in total. The molecule has 5 heteroatoms. The molecule has 30 heavy (non-hydrogen) atoms. The lowest BCUT2D eigenvalue weighted by Gasteiger charge is -2.28. The Balaban J connectivity index is 1.47. The number of hydrogen-bond donors (Lipinski definition) is 0. The molecule has 0 saturated heterocycles. The van der Waals surface area contributed by atoms with Crippen molar-refractivity contribution in [3.63, 3.8) is 0 Å². The Morgan fingerprint density at radius 2 is 1.87 bits per heavy atom. The maximum atomic E-state index is 6.57. The summed E-state index contributed by atoms with van der Waals surface area (Å²) in [6, 6.07) is 21.4. The van der Waals surface area contributed by atoms with Gasteiger partial charge in [-0.15, -0.1) is 0 Å². The average molecular weight is 387 g/mol. The molecular formula is C25H16BN2O2+. The highest BCUT2D eigenvalue weighted by atomic mass is 16.5. The first kappa shape index (κ1) is 15.2. The van der Waals surface area contributed by atoms with E-state index >= 15 is 0 Å². The van der Waals surface area contributed by atoms with Crippen molar-refractivity contribution in [2.45, 2.75) is 13.5 Å². The highest BCUT2D eigenvalue weighted by molar-refractivity contribution is 6.77. The first-order valence-electron chi connectivity index (χ1n) is 10.3. The van der Waals surface area contributed by atoms with Crippen LogP contribution in [0.15, 0.2) is 71.3 Å². The van der Waals surface area contributed by atoms with Gasteiger partial charge in [-0.2, -0.15) is 4.57 Å². The summed E-state index contributed by atoms with van der Waals surface area (Å²) < 4.78 is 15.1. The van der Waals surface area contributed by atoms with Gasteiger partial charge in [0.05, 0.1) is 11.3 Å². The highest BCUT2D eigenvalue weighted by Crippen LogP contribution is 2.50. The number of aromatic nitrogens is 1. The van der Waals surface area contributed by atoms with Crippen LogP contribution < -0.4 is 19.5 Å². The Morgan fingerprint density at radius 3 is 2.83 bits per heavy atom. The van der Waals surface area contributed by atoms with E-state index in [1.165, 1.54) is 33.5 Å². The predicted octanol–water partition coefficient (Wildman–Crippen LogP) is 4.45. The number of fused-ring (bicyclic) bond motifs is 8. The standard InChI is InChI=1S/C25H16BN2O2/c1-14-9-20-25-24-15(13-27(25)12-14)5-4-7-18(24)26-28(20)19-10-17-16-6-2-3-8-21(16)29-22(17)11-23(19)30-26/h2-12H,13H2,1H3/q+1. The number of nitrogens with zero attached hydrogens (tertiary/aromatic N) is 2. The highest BCUT2D eigenvalue weighted by Gasteiger charge is 2.51. The maximum absolute atomic E-state index is 6.57. The number of rotatable bonds is 0. The first-order chi connectivity index (χ1) is 14.8. The molecule has 3 aliphatic heterocycles. The SMILES string of the molecule is Cc1cc2c3[n+](c1)Cc1cccc(c1-3)B1Oc3cc4oc5ccccc5c4cc3N12. The van der Waals surface area contributed by atoms with Crippen LogP contribution in [0.3, 0.4) is 0 Å². The van der Waals surface area contributed by atoms with Crippen LogP contribution in [0.25, 0.3) is 33.2 Å². The molecule has 3 aliphatic rings. The molecule has 3 aromatic carbocycles. The summed E-state index contributed by atoms with van der Waals surface area (Å²) in [7, 11) is -0.145. The molecular weight excluding hydrogens is 371 g/mol. The minimum Gasteiger partial charge on any atom is -0.536 e. The van der Waals surface area contributed by atoms with Crippen molar-refractivity contribution in [1.29, 1.82) is 0 Å². The minimum atomic E-state index is -0.145. The van der Waals surface area contributed by atoms with E-state index in [0.29, 0.717) is 0 Å². The van der Waals surface area contributed by atoms with Crippen LogP contribution in [0.2, 0.25) is 0 Å². The van der Waals surface area contributed by atoms with Crippen molar-refractivity contribution >= 4 is 45.8 Å². The quantitative estimate of drug-likeness (QED) is 0.285. The molecule has 0 unspecified atom stereocenters. The fourth-order valence-corrected chi connectivity index (χ4v) is 5.57. The third-order valence-electron chi connectivity index (χ3n) is 6.73. The lowest BCUT2D eigenvalue weighted by molar-refractivity contribution is -0.671. The number of aryl methyl sites for hydroxylation is 1. The Labute approximate surface area is 173 Å². The zero-order chi connectivity index (χ0) is 19.6. The predicted molar refractivity (Wildman–Crippen MR) is 118 cm³/mol. The molecule has 0 aliphatic carbocycles. The van der Waals surface area contributed by atoms with Gasteiger partial charge in [0.2, 0.25) is 5.69 Å². The third kappa shape index (κ3) is 1.65. The van der Waals surface area contributed by atoms with E-state index in [-0.39, 0.29) is 7.05 Å². The summed E-state index contributed by atoms with van der Waals surface area (Å²) in [5.41, 5.74) is 10.6. The molecule has 5 heterocycles. The molecule has 0 bridgehead atoms. The molecule has 8 rings (SSSR count). The van der Waals surface area contributed by atoms with Crippen LogP contribution in [0.4, 0.5) is 11.4 Å². The smallest absolute Gasteiger partial charge is 0.525 e. The van der Waals surface area contributed by atoms with Crippen molar-refractivity contribution < 1.29 is 13.6 Å². The van der Waals surface area contributed by atoms with Gasteiger partial charge in [0.15, 0.2) is 12.7 Å². The van der Waals surface area contributed by atoms with Crippen molar-refractivity contribution in [3.05, 3.63) is 78.0 Å². The number of benzene rings is 3. The van der Waals surface area contributed by atoms with Crippen LogP contribution in [0.5, 0.6) is 5.75 Å². The Kier molecular flexibility index (Phi) is 2.46. The molecule has 5 aromatic rings. The minimum absolute atomic E-state index is 0.145. The summed E-state index contributed by atoms with van der Waals surface area (Å²) in [5, 5.41) is 2.27. The van der Waals surface area contributed by atoms with Crippen LogP contribution in [0, 0.1) is 6.92 Å². The second kappa shape index (κ2) is 4.87. The summed E-state index contributed by atoms with van der Waals surface area (Å²) in [5.74, 6) is 0.879. The van der Waals surface area contributed by atoms with Gasteiger partial charge in [-0.05, 0) is 25.1 Å². The fourth-order valence-electron chi connectivity index (χ4n) is 5.57. The number of pyridine rings is 1. The monoisotopic (exact) mass is 387 g/mol. The van der Waals surface area contributed by atoms with E-state index in [2.05, 4.69) is 71.0 Å². The topological polar surface area (TPSA) is 29.5 Å². The average Bonchev–Trinajstić information content (AvgIpc) is 3.41. The van der Waals surface area contributed by atoms with E-state index < -0.39 is 0 Å². The van der Waals surface area contributed by atoms with E-state index in [1.807, 2.05) is 12.1 Å². The lowest BCUT2D eigenvalue weighted by atomic mass is 9.65. The maximum Gasteiger partial charge on any atom is 0.525 e. The second-order valence-electron chi connectivity index (χ2n) is 8.52. The third-order valence-corrected chi connectivity index (χ3v) is 6.73. The zero-order valence-electron chi connectivity index (χ0n) is 16.3. The Hall–Kier alpha value is -3.73. The molecule has 140 valence electrons. The van der Waals surface area contributed by atoms with Crippen LogP contribution >= 0.6 is 0 Å². The molecule has 0 atom stereocenters. The van der Waals surface area contributed by atoms with E-state index in [0.717, 1.165) is 39.9 Å². The van der Waals surface area contributed by atoms with Crippen molar-refractivity contribution in [1.82, 2.24) is 0 Å². The number of hydrogen-bond acceptors (Lipinski definition) is 3. The molecule has 0 saturated carbocycles. The lowest BCUT2D eigenvalue weighted by Crippen LogP contribution is -2.51. The van der Waals surface area contributed by atoms with E-state index in [9.17, 15) is 0 Å². The summed E-state index contributed by atoms with van der Waals surface area (Å²) in [6.45, 7) is 3.09. The van der Waals surface area contributed by atoms with Crippen molar-refractivity contribution in [2.75, 3.05) is 4.81 Å². The molecule has 0 radical (unpaired) electrons. The fraction of sp³-hybridized carbons (Fsp3) is 0.0800. The Morgan fingerprint density at radius 1 is 0.933 bits per heavy atom. The van der Waals surface area contributed by atoms with E-state index in [1.54, 1.807) is 0 Å². The Bertz CT molecular complexity index is 1590. The van der Waals surface area contributed by atoms with E-state index in [4.69, 9.17) is 9.07 Å². The first-order valence-corrected chi connectivity index (χ1v) is 10.3. The summed E-state index contributed by atoms with van der Waals surface area (Å²) in [4.78, 5) is 2.37. The second-order valence-corrected chi connectivity index (χ2v) is 8.52. The van der Waals surface area contributed by atoms with Gasteiger partial charge in [-0.3, -0.25) is 0 Å². The molecule has 0 N–H and O–H groups in total. The summed E-state index contributed by atoms with van der Waals surface area (Å²) >= 11 is 0. The molecule has 2 aromatic heterocycles. The van der Waals surface area contributed by atoms with Crippen LogP contribution in [0.1, 0.15) is 11.1 Å². The van der Waals surface area contributed by atoms with Gasteiger partial charge in [0.1, 0.15) is 22.6 Å². The van der Waals surface area contributed by atoms with Crippen molar-refractivity contribution in [3.8, 4) is 17.0 Å². The van der Waals surface area contributed by atoms with Crippen molar-refractivity contribution in [2.24, 2.45) is 0 Å². The molecule has 0 fully saturated rings. The van der Waals surface area contributed by atoms with Gasteiger partial charge >= 0.3 is 7.05 Å². The van der Waals surface area contributed by atoms with Gasteiger partial charge in [0.25, 0.3) is 0 Å². The van der Waals surface area contributed by atoms with Gasteiger partial charge in [-0.1, -0.05) is 36.4 Å². The number of furan rings is 1. The number of anilines is 2. The van der Waals surface area contributed by atoms with Crippen LogP contribution in [-0.4, -0.2) is 7.05 Å². The molecule has 0 amide bonds. The van der Waals surface area contributed by atoms with Gasteiger partial charge < -0.3 is 13.9 Å². The number of para-hydroxylation sites is 1. The van der Waals surface area contributed by atoms with Crippen LogP contribution in [-0.2, 0) is 6.54 Å². The zero-order valence-corrected chi connectivity index (χ0v) is 16.3. The summed E-state index contributed by atoms with van der Waals surface area (Å²) in [6.07, 6.45) is 2.26. The molecule has 0 spiro atoms. The largest absolute Gasteiger partial charge is 0.536 e. The van der Waals surface area contributed by atoms with Gasteiger partial charge in [0, 0.05) is 33.4 Å².